The molecule has 180 valence electrons. The molecule has 2 aromatic carbocycles. The summed E-state index contributed by atoms with van der Waals surface area (Å²) >= 11 is 4.37. The number of carbonyl (C=O) groups excluding carboxylic acids is 2. The minimum Gasteiger partial charge on any atom is -0.326 e. The summed E-state index contributed by atoms with van der Waals surface area (Å²) in [5.74, 6) is -0.539. The van der Waals surface area contributed by atoms with Crippen LogP contribution in [0.2, 0.25) is 0 Å². The summed E-state index contributed by atoms with van der Waals surface area (Å²) < 4.78 is 30.9. The fraction of sp³-hybridized carbons (Fsp3) is 0.375. The van der Waals surface area contributed by atoms with Crippen molar-refractivity contribution in [1.82, 2.24) is 4.90 Å². The highest BCUT2D eigenvalue weighted by Crippen LogP contribution is 2.36. The van der Waals surface area contributed by atoms with Gasteiger partial charge in [-0.05, 0) is 55.7 Å². The van der Waals surface area contributed by atoms with E-state index in [4.69, 9.17) is 0 Å². The van der Waals surface area contributed by atoms with E-state index in [-0.39, 0.29) is 34.3 Å². The van der Waals surface area contributed by atoms with Crippen molar-refractivity contribution >= 4 is 60.4 Å². The monoisotopic (exact) mass is 563 g/mol. The van der Waals surface area contributed by atoms with Crippen LogP contribution >= 0.6 is 27.7 Å². The van der Waals surface area contributed by atoms with Crippen molar-refractivity contribution in [3.63, 3.8) is 0 Å². The SMILES string of the molecule is Cc1ccccc1NC(=O)C[C@H]1SC(=NS(=O)(=O)c2ccc(Br)cc2)N(C2CCCCC2)C1=O. The molecule has 1 saturated heterocycles. The van der Waals surface area contributed by atoms with E-state index in [1.807, 2.05) is 31.2 Å². The second-order valence-electron chi connectivity index (χ2n) is 8.48. The smallest absolute Gasteiger partial charge is 0.284 e. The number of hydrogen-bond acceptors (Lipinski definition) is 5. The number of aryl methyl sites for hydroxylation is 1. The van der Waals surface area contributed by atoms with Gasteiger partial charge in [0, 0.05) is 22.6 Å². The first-order valence-electron chi connectivity index (χ1n) is 11.2. The summed E-state index contributed by atoms with van der Waals surface area (Å²) in [6.45, 7) is 1.90. The molecule has 1 aliphatic carbocycles. The summed E-state index contributed by atoms with van der Waals surface area (Å²) in [5.41, 5.74) is 1.62. The van der Waals surface area contributed by atoms with Crippen LogP contribution in [-0.2, 0) is 19.6 Å². The largest absolute Gasteiger partial charge is 0.326 e. The number of amides is 2. The topological polar surface area (TPSA) is 95.9 Å². The number of hydrogen-bond donors (Lipinski definition) is 1. The molecule has 0 spiro atoms. The molecule has 1 atom stereocenters. The zero-order chi connectivity index (χ0) is 24.3. The molecule has 1 N–H and O–H groups in total. The number of anilines is 1. The second kappa shape index (κ2) is 10.6. The highest BCUT2D eigenvalue weighted by molar-refractivity contribution is 9.10. The maximum absolute atomic E-state index is 13.4. The Morgan fingerprint density at radius 3 is 2.47 bits per heavy atom. The van der Waals surface area contributed by atoms with Crippen LogP contribution < -0.4 is 5.32 Å². The van der Waals surface area contributed by atoms with Crippen LogP contribution in [0.15, 0.2) is 62.3 Å². The van der Waals surface area contributed by atoms with E-state index in [1.54, 1.807) is 12.1 Å². The van der Waals surface area contributed by atoms with Gasteiger partial charge in [-0.3, -0.25) is 14.5 Å². The lowest BCUT2D eigenvalue weighted by molar-refractivity contribution is -0.130. The molecule has 34 heavy (non-hydrogen) atoms. The maximum atomic E-state index is 13.4. The predicted octanol–water partition coefficient (Wildman–Crippen LogP) is 5.11. The third-order valence-corrected chi connectivity index (χ3v) is 9.08. The Morgan fingerprint density at radius 2 is 1.79 bits per heavy atom. The zero-order valence-corrected chi connectivity index (χ0v) is 22.0. The Morgan fingerprint density at radius 1 is 1.12 bits per heavy atom. The van der Waals surface area contributed by atoms with Crippen molar-refractivity contribution < 1.29 is 18.0 Å². The Kier molecular flexibility index (Phi) is 7.79. The summed E-state index contributed by atoms with van der Waals surface area (Å²) in [4.78, 5) is 27.7. The van der Waals surface area contributed by atoms with E-state index in [0.717, 1.165) is 53.9 Å². The zero-order valence-electron chi connectivity index (χ0n) is 18.7. The standard InChI is InChI=1S/C24H26BrN3O4S2/c1-16-7-5-6-10-20(16)26-22(29)15-21-23(30)28(18-8-3-2-4-9-18)24(33-21)27-34(31,32)19-13-11-17(25)12-14-19/h5-7,10-14,18,21H,2-4,8-9,15H2,1H3,(H,26,29)/t21-/m1/s1. The number of thioether (sulfide) groups is 1. The summed E-state index contributed by atoms with van der Waals surface area (Å²) in [5, 5.41) is 2.30. The molecule has 0 unspecified atom stereocenters. The highest BCUT2D eigenvalue weighted by Gasteiger charge is 2.43. The summed E-state index contributed by atoms with van der Waals surface area (Å²) in [6, 6.07) is 13.5. The van der Waals surface area contributed by atoms with Gasteiger partial charge in [0.15, 0.2) is 5.17 Å². The average Bonchev–Trinajstić information content (AvgIpc) is 3.10. The first kappa shape index (κ1) is 24.9. The van der Waals surface area contributed by atoms with Gasteiger partial charge in [0.25, 0.3) is 10.0 Å². The molecular formula is C24H26BrN3O4S2. The van der Waals surface area contributed by atoms with Crippen molar-refractivity contribution in [3.05, 3.63) is 58.6 Å². The molecular weight excluding hydrogens is 538 g/mol. The fourth-order valence-electron chi connectivity index (χ4n) is 4.20. The van der Waals surface area contributed by atoms with Gasteiger partial charge in [-0.25, -0.2) is 0 Å². The lowest BCUT2D eigenvalue weighted by atomic mass is 9.94. The molecule has 2 aromatic rings. The quantitative estimate of drug-likeness (QED) is 0.527. The van der Waals surface area contributed by atoms with Gasteiger partial charge < -0.3 is 5.32 Å². The lowest BCUT2D eigenvalue weighted by Gasteiger charge is -2.30. The third-order valence-electron chi connectivity index (χ3n) is 6.01. The number of amidine groups is 1. The van der Waals surface area contributed by atoms with Crippen LogP contribution in [-0.4, -0.2) is 41.6 Å². The third kappa shape index (κ3) is 5.72. The van der Waals surface area contributed by atoms with Crippen LogP contribution in [0.1, 0.15) is 44.1 Å². The molecule has 1 aliphatic heterocycles. The molecule has 0 radical (unpaired) electrons. The van der Waals surface area contributed by atoms with Crippen molar-refractivity contribution in [3.8, 4) is 0 Å². The first-order valence-corrected chi connectivity index (χ1v) is 14.3. The van der Waals surface area contributed by atoms with Crippen molar-refractivity contribution in [2.75, 3.05) is 5.32 Å². The van der Waals surface area contributed by atoms with Gasteiger partial charge in [-0.15, -0.1) is 4.40 Å². The molecule has 0 bridgehead atoms. The van der Waals surface area contributed by atoms with E-state index in [2.05, 4.69) is 25.6 Å². The van der Waals surface area contributed by atoms with Gasteiger partial charge in [0.1, 0.15) is 5.25 Å². The van der Waals surface area contributed by atoms with Crippen LogP contribution in [0.3, 0.4) is 0 Å². The Labute approximate surface area is 212 Å². The van der Waals surface area contributed by atoms with Gasteiger partial charge in [-0.2, -0.15) is 8.42 Å². The minimum absolute atomic E-state index is 0.0561. The normalized spacial score (nSPS) is 20.6. The second-order valence-corrected chi connectivity index (χ2v) is 12.2. The van der Waals surface area contributed by atoms with E-state index in [9.17, 15) is 18.0 Å². The number of halogens is 1. The van der Waals surface area contributed by atoms with E-state index in [0.29, 0.717) is 5.69 Å². The van der Waals surface area contributed by atoms with Gasteiger partial charge in [0.05, 0.1) is 4.90 Å². The van der Waals surface area contributed by atoms with Gasteiger partial charge in [-0.1, -0.05) is 65.2 Å². The number of para-hydroxylation sites is 1. The maximum Gasteiger partial charge on any atom is 0.284 e. The molecule has 4 rings (SSSR count). The number of rotatable bonds is 6. The molecule has 0 aromatic heterocycles. The van der Waals surface area contributed by atoms with Crippen LogP contribution in [0.25, 0.3) is 0 Å². The molecule has 2 aliphatic rings. The highest BCUT2D eigenvalue weighted by atomic mass is 79.9. The van der Waals surface area contributed by atoms with Crippen molar-refractivity contribution in [2.24, 2.45) is 4.40 Å². The number of carbonyl (C=O) groups is 2. The number of nitrogens with zero attached hydrogens (tertiary/aromatic N) is 2. The predicted molar refractivity (Wildman–Crippen MR) is 138 cm³/mol. The summed E-state index contributed by atoms with van der Waals surface area (Å²) in [7, 11) is -4.01. The van der Waals surface area contributed by atoms with Crippen LogP contribution in [0.4, 0.5) is 5.69 Å². The molecule has 2 amide bonds. The fourth-order valence-corrected chi connectivity index (χ4v) is 6.86. The van der Waals surface area contributed by atoms with E-state index < -0.39 is 15.3 Å². The average molecular weight is 565 g/mol. The van der Waals surface area contributed by atoms with E-state index in [1.165, 1.54) is 17.0 Å². The van der Waals surface area contributed by atoms with Gasteiger partial charge >= 0.3 is 0 Å². The number of sulfonamides is 1. The van der Waals surface area contributed by atoms with Crippen LogP contribution in [0, 0.1) is 6.92 Å². The Bertz CT molecular complexity index is 1210. The Balaban J connectivity index is 1.58. The number of nitrogens with one attached hydrogen (secondary N) is 1. The lowest BCUT2D eigenvalue weighted by Crippen LogP contribution is -2.42. The molecule has 10 heteroatoms. The van der Waals surface area contributed by atoms with Crippen molar-refractivity contribution in [2.45, 2.75) is 61.6 Å². The molecule has 1 saturated carbocycles. The first-order chi connectivity index (χ1) is 16.2. The van der Waals surface area contributed by atoms with Gasteiger partial charge in [0.2, 0.25) is 11.8 Å². The number of benzene rings is 2. The minimum atomic E-state index is -4.01. The molecule has 2 fully saturated rings. The Hall–Kier alpha value is -2.17. The van der Waals surface area contributed by atoms with Crippen LogP contribution in [0.5, 0.6) is 0 Å². The van der Waals surface area contributed by atoms with Crippen molar-refractivity contribution in [1.29, 1.82) is 0 Å². The molecule has 7 nitrogen and oxygen atoms in total. The molecule has 1 heterocycles. The summed E-state index contributed by atoms with van der Waals surface area (Å²) in [6.07, 6.45) is 4.59. The van der Waals surface area contributed by atoms with E-state index >= 15 is 0 Å².